The van der Waals surface area contributed by atoms with Crippen LogP contribution < -0.4 is 0 Å². The van der Waals surface area contributed by atoms with Gasteiger partial charge in [0.2, 0.25) is 0 Å². The van der Waals surface area contributed by atoms with Gasteiger partial charge < -0.3 is 24.6 Å². The van der Waals surface area contributed by atoms with Gasteiger partial charge in [-0.2, -0.15) is 0 Å². The second-order valence-electron chi connectivity index (χ2n) is 6.19. The fourth-order valence-electron chi connectivity index (χ4n) is 2.73. The van der Waals surface area contributed by atoms with Crippen molar-refractivity contribution in [3.05, 3.63) is 35.9 Å². The molecule has 7 nitrogen and oxygen atoms in total. The smallest absolute Gasteiger partial charge is 0.410 e. The molecule has 0 radical (unpaired) electrons. The van der Waals surface area contributed by atoms with Gasteiger partial charge in [0.05, 0.1) is 6.61 Å². The number of aliphatic carboxylic acids is 1. The summed E-state index contributed by atoms with van der Waals surface area (Å²) >= 11 is 0. The largest absolute Gasteiger partial charge is 0.479 e. The van der Waals surface area contributed by atoms with Crippen molar-refractivity contribution in [2.24, 2.45) is 5.92 Å². The summed E-state index contributed by atoms with van der Waals surface area (Å²) in [6, 6.07) is 9.57. The molecule has 0 aliphatic carbocycles. The number of hydrogen-bond donors (Lipinski definition) is 2. The zero-order chi connectivity index (χ0) is 18.1. The molecule has 0 saturated carbocycles. The number of hydrogen-bond acceptors (Lipinski definition) is 5. The summed E-state index contributed by atoms with van der Waals surface area (Å²) in [4.78, 5) is 24.2. The highest BCUT2D eigenvalue weighted by Crippen LogP contribution is 2.21. The van der Waals surface area contributed by atoms with E-state index in [1.165, 1.54) is 0 Å². The molecule has 2 N–H and O–H groups in total. The van der Waals surface area contributed by atoms with E-state index >= 15 is 0 Å². The molecule has 1 fully saturated rings. The molecule has 0 spiro atoms. The summed E-state index contributed by atoms with van der Waals surface area (Å²) in [5.41, 5.74) is 0.964. The zero-order valence-electron chi connectivity index (χ0n) is 14.2. The number of aliphatic hydroxyl groups excluding tert-OH is 1. The van der Waals surface area contributed by atoms with E-state index in [1.807, 2.05) is 30.3 Å². The average Bonchev–Trinajstić information content (AvgIpc) is 2.64. The zero-order valence-corrected chi connectivity index (χ0v) is 14.2. The second-order valence-corrected chi connectivity index (χ2v) is 6.19. The Morgan fingerprint density at radius 1 is 1.20 bits per heavy atom. The molecule has 7 heteroatoms. The van der Waals surface area contributed by atoms with Crippen LogP contribution in [-0.4, -0.2) is 59.6 Å². The van der Waals surface area contributed by atoms with Gasteiger partial charge in [0, 0.05) is 19.7 Å². The molecule has 1 saturated heterocycles. The van der Waals surface area contributed by atoms with E-state index in [9.17, 15) is 9.59 Å². The number of carboxylic acid groups (broad SMARTS) is 1. The Kier molecular flexibility index (Phi) is 7.69. The molecule has 0 aromatic heterocycles. The highest BCUT2D eigenvalue weighted by molar-refractivity contribution is 5.72. The van der Waals surface area contributed by atoms with Crippen LogP contribution in [0.3, 0.4) is 0 Å². The maximum absolute atomic E-state index is 12.1. The number of likely N-dealkylation sites (tertiary alicyclic amines) is 1. The lowest BCUT2D eigenvalue weighted by molar-refractivity contribution is -0.149. The van der Waals surface area contributed by atoms with Gasteiger partial charge in [-0.1, -0.05) is 30.3 Å². The van der Waals surface area contributed by atoms with Crippen molar-refractivity contribution >= 4 is 12.1 Å². The number of piperidine rings is 1. The van der Waals surface area contributed by atoms with Gasteiger partial charge in [-0.3, -0.25) is 0 Å². The minimum atomic E-state index is -1.47. The molecule has 1 aliphatic heterocycles. The number of carbonyl (C=O) groups excluding carboxylic acids is 1. The van der Waals surface area contributed by atoms with E-state index in [0.29, 0.717) is 25.6 Å². The van der Waals surface area contributed by atoms with Crippen LogP contribution in [-0.2, 0) is 20.9 Å². The fourth-order valence-corrected chi connectivity index (χ4v) is 2.73. The van der Waals surface area contributed by atoms with E-state index in [2.05, 4.69) is 0 Å². The van der Waals surface area contributed by atoms with E-state index in [1.54, 1.807) is 4.90 Å². The van der Waals surface area contributed by atoms with Crippen LogP contribution in [0.1, 0.15) is 24.8 Å². The Labute approximate surface area is 147 Å². The van der Waals surface area contributed by atoms with Gasteiger partial charge in [-0.15, -0.1) is 0 Å². The standard InChI is InChI=1S/C18H25NO6/c20-16(17(21)22)13-24-11-8-14-6-9-19(10-7-14)18(23)25-12-15-4-2-1-3-5-15/h1-5,14,16,20H,6-13H2,(H,21,22). The SMILES string of the molecule is O=C(O)C(O)COCCC1CCN(C(=O)OCc2ccccc2)CC1. The highest BCUT2D eigenvalue weighted by Gasteiger charge is 2.23. The molecular weight excluding hydrogens is 326 g/mol. The Morgan fingerprint density at radius 2 is 1.88 bits per heavy atom. The summed E-state index contributed by atoms with van der Waals surface area (Å²) in [7, 11) is 0. The monoisotopic (exact) mass is 351 g/mol. The topological polar surface area (TPSA) is 96.3 Å². The summed E-state index contributed by atoms with van der Waals surface area (Å²) in [5.74, 6) is -0.845. The van der Waals surface area contributed by atoms with Gasteiger partial charge in [-0.25, -0.2) is 9.59 Å². The molecule has 25 heavy (non-hydrogen) atoms. The normalized spacial score (nSPS) is 16.4. The first-order valence-electron chi connectivity index (χ1n) is 8.50. The predicted molar refractivity (Wildman–Crippen MR) is 90.0 cm³/mol. The number of carbonyl (C=O) groups is 2. The van der Waals surface area contributed by atoms with E-state index < -0.39 is 12.1 Å². The number of aliphatic hydroxyl groups is 1. The Morgan fingerprint density at radius 3 is 2.52 bits per heavy atom. The predicted octanol–water partition coefficient (Wildman–Crippen LogP) is 1.89. The highest BCUT2D eigenvalue weighted by atomic mass is 16.6. The number of rotatable bonds is 8. The van der Waals surface area contributed by atoms with Gasteiger partial charge >= 0.3 is 12.1 Å². The van der Waals surface area contributed by atoms with Crippen LogP contribution in [0.4, 0.5) is 4.79 Å². The van der Waals surface area contributed by atoms with Gasteiger partial charge in [0.25, 0.3) is 0 Å². The van der Waals surface area contributed by atoms with Crippen LogP contribution in [0.15, 0.2) is 30.3 Å². The fraction of sp³-hybridized carbons (Fsp3) is 0.556. The minimum absolute atomic E-state index is 0.194. The van der Waals surface area contributed by atoms with Gasteiger partial charge in [0.1, 0.15) is 6.61 Å². The quantitative estimate of drug-likeness (QED) is 0.694. The molecule has 1 heterocycles. The van der Waals surface area contributed by atoms with E-state index in [0.717, 1.165) is 24.8 Å². The van der Waals surface area contributed by atoms with Crippen molar-refractivity contribution in [1.82, 2.24) is 4.90 Å². The van der Waals surface area contributed by atoms with Crippen LogP contribution >= 0.6 is 0 Å². The second kappa shape index (κ2) is 10.0. The average molecular weight is 351 g/mol. The summed E-state index contributed by atoms with van der Waals surface area (Å²) < 4.78 is 10.5. The Balaban J connectivity index is 1.59. The first-order chi connectivity index (χ1) is 12.1. The summed E-state index contributed by atoms with van der Waals surface area (Å²) in [5, 5.41) is 17.7. The van der Waals surface area contributed by atoms with Crippen molar-refractivity contribution < 1.29 is 29.3 Å². The molecule has 2 rings (SSSR count). The van der Waals surface area contributed by atoms with E-state index in [4.69, 9.17) is 19.7 Å². The molecule has 1 aliphatic rings. The first kappa shape index (κ1) is 19.2. The van der Waals surface area contributed by atoms with Crippen LogP contribution in [0.2, 0.25) is 0 Å². The number of nitrogens with zero attached hydrogens (tertiary/aromatic N) is 1. The maximum Gasteiger partial charge on any atom is 0.410 e. The molecule has 1 aromatic carbocycles. The molecule has 0 bridgehead atoms. The third-order valence-corrected chi connectivity index (χ3v) is 4.31. The van der Waals surface area contributed by atoms with Crippen molar-refractivity contribution in [2.45, 2.75) is 32.0 Å². The summed E-state index contributed by atoms with van der Waals surface area (Å²) in [6.45, 7) is 1.79. The van der Waals surface area contributed by atoms with Crippen LogP contribution in [0.25, 0.3) is 0 Å². The molecule has 1 atom stereocenters. The molecule has 138 valence electrons. The molecule has 1 amide bonds. The Hall–Kier alpha value is -2.12. The van der Waals surface area contributed by atoms with E-state index in [-0.39, 0.29) is 19.3 Å². The number of amides is 1. The molecular formula is C18H25NO6. The van der Waals surface area contributed by atoms with Crippen LogP contribution in [0.5, 0.6) is 0 Å². The van der Waals surface area contributed by atoms with Gasteiger partial charge in [0.15, 0.2) is 6.10 Å². The van der Waals surface area contributed by atoms with Crippen molar-refractivity contribution in [3.63, 3.8) is 0 Å². The first-order valence-corrected chi connectivity index (χ1v) is 8.50. The van der Waals surface area contributed by atoms with Crippen LogP contribution in [0, 0.1) is 5.92 Å². The van der Waals surface area contributed by atoms with Crippen molar-refractivity contribution in [3.8, 4) is 0 Å². The molecule has 1 unspecified atom stereocenters. The number of ether oxygens (including phenoxy) is 2. The third kappa shape index (κ3) is 6.72. The third-order valence-electron chi connectivity index (χ3n) is 4.31. The summed E-state index contributed by atoms with van der Waals surface area (Å²) in [6.07, 6.45) is 0.764. The number of carboxylic acids is 1. The Bertz CT molecular complexity index is 542. The maximum atomic E-state index is 12.1. The molecule has 1 aromatic rings. The van der Waals surface area contributed by atoms with Crippen molar-refractivity contribution in [2.75, 3.05) is 26.3 Å². The van der Waals surface area contributed by atoms with Gasteiger partial charge in [-0.05, 0) is 30.7 Å². The lowest BCUT2D eigenvalue weighted by Crippen LogP contribution is -2.39. The number of benzene rings is 1. The lowest BCUT2D eigenvalue weighted by atomic mass is 9.94. The van der Waals surface area contributed by atoms with Crippen molar-refractivity contribution in [1.29, 1.82) is 0 Å². The minimum Gasteiger partial charge on any atom is -0.479 e. The lowest BCUT2D eigenvalue weighted by Gasteiger charge is -2.31.